The molecule has 402 valence electrons. The number of esters is 3. The fourth-order valence-electron chi connectivity index (χ4n) is 7.63. The van der Waals surface area contributed by atoms with Gasteiger partial charge in [0.2, 0.25) is 0 Å². The summed E-state index contributed by atoms with van der Waals surface area (Å²) in [6.07, 6.45) is 80.4. The Hall–Kier alpha value is -4.19. The summed E-state index contributed by atoms with van der Waals surface area (Å²) in [7, 11) is 0. The predicted octanol–water partition coefficient (Wildman–Crippen LogP) is 19.6. The van der Waals surface area contributed by atoms with E-state index in [2.05, 4.69) is 142 Å². The molecule has 0 bridgehead atoms. The average molecular weight is 984 g/mol. The number of allylic oxidation sites excluding steroid dienone is 20. The zero-order valence-electron chi connectivity index (χ0n) is 45.9. The number of carbonyl (C=O) groups is 3. The number of rotatable bonds is 51. The molecular weight excluding hydrogens is 877 g/mol. The molecule has 0 aliphatic heterocycles. The van der Waals surface area contributed by atoms with Gasteiger partial charge in [0.05, 0.1) is 0 Å². The Kier molecular flexibility index (Phi) is 54.9. The van der Waals surface area contributed by atoms with Crippen LogP contribution in [0.3, 0.4) is 0 Å². The first-order chi connectivity index (χ1) is 35.0. The molecule has 1 unspecified atom stereocenters. The number of unbranched alkanes of at least 4 members (excludes halogenated alkanes) is 20. The van der Waals surface area contributed by atoms with Gasteiger partial charge in [0.25, 0.3) is 0 Å². The second-order valence-electron chi connectivity index (χ2n) is 18.8. The van der Waals surface area contributed by atoms with Crippen LogP contribution in [0.5, 0.6) is 0 Å². The Balaban J connectivity index is 4.46. The van der Waals surface area contributed by atoms with E-state index in [1.54, 1.807) is 0 Å². The molecule has 0 aromatic heterocycles. The first-order valence-corrected chi connectivity index (χ1v) is 29.0. The third kappa shape index (κ3) is 56.6. The summed E-state index contributed by atoms with van der Waals surface area (Å²) >= 11 is 0. The molecule has 0 N–H and O–H groups in total. The molecule has 71 heavy (non-hydrogen) atoms. The zero-order chi connectivity index (χ0) is 51.4. The lowest BCUT2D eigenvalue weighted by atomic mass is 10.1. The lowest BCUT2D eigenvalue weighted by Crippen LogP contribution is -2.30. The summed E-state index contributed by atoms with van der Waals surface area (Å²) in [5.74, 6) is -0.940. The van der Waals surface area contributed by atoms with Gasteiger partial charge < -0.3 is 14.2 Å². The SMILES string of the molecule is CC/C=C\C/C=C\C/C=C\C/C=C\C/C=C\CCCCCCCC(=O)OCC(COC(=O)CCCCCCC/C=C\CCCCCC)OC(=O)CCCCCCCC/C=C\C/C=C\C/C=C\C/C=C\CC. The van der Waals surface area contributed by atoms with Crippen molar-refractivity contribution in [3.8, 4) is 0 Å². The maximum Gasteiger partial charge on any atom is 0.306 e. The van der Waals surface area contributed by atoms with E-state index in [0.717, 1.165) is 161 Å². The van der Waals surface area contributed by atoms with Crippen molar-refractivity contribution >= 4 is 17.9 Å². The second kappa shape index (κ2) is 58.4. The molecule has 1 atom stereocenters. The average Bonchev–Trinajstić information content (AvgIpc) is 3.37. The summed E-state index contributed by atoms with van der Waals surface area (Å²) < 4.78 is 16.8. The standard InChI is InChI=1S/C65H106O6/c1-4-7-10-13-16-19-22-25-27-29-31-32-34-35-37-40-43-46-49-52-55-58-64(67)70-61-62(60-69-63(66)57-54-51-48-45-42-39-24-21-18-15-12-9-6-3)71-65(68)59-56-53-50-47-44-41-38-36-33-30-28-26-23-20-17-14-11-8-5-2/h7-8,10-11,16-17,19-21,24-28,31-33,35-37,62H,4-6,9,12-15,18,22-23,29-30,34,38-61H2,1-3H3/b10-7-,11-8-,19-16-,20-17-,24-21-,27-25-,28-26-,32-31-,36-33-,37-35-. The highest BCUT2D eigenvalue weighted by atomic mass is 16.6. The number of ether oxygens (including phenoxy) is 3. The zero-order valence-corrected chi connectivity index (χ0v) is 45.9. The summed E-state index contributed by atoms with van der Waals surface area (Å²) in [6.45, 7) is 6.36. The molecule has 0 spiro atoms. The van der Waals surface area contributed by atoms with Crippen molar-refractivity contribution in [2.24, 2.45) is 0 Å². The maximum absolute atomic E-state index is 12.9. The third-order valence-electron chi connectivity index (χ3n) is 11.9. The predicted molar refractivity (Wildman–Crippen MR) is 306 cm³/mol. The van der Waals surface area contributed by atoms with Gasteiger partial charge in [-0.3, -0.25) is 14.4 Å². The van der Waals surface area contributed by atoms with E-state index >= 15 is 0 Å². The molecule has 0 saturated heterocycles. The molecule has 0 fully saturated rings. The third-order valence-corrected chi connectivity index (χ3v) is 11.9. The van der Waals surface area contributed by atoms with Crippen LogP contribution < -0.4 is 0 Å². The minimum absolute atomic E-state index is 0.0974. The number of hydrogen-bond acceptors (Lipinski definition) is 6. The van der Waals surface area contributed by atoms with Crippen LogP contribution in [0, 0.1) is 0 Å². The van der Waals surface area contributed by atoms with Gasteiger partial charge in [0.1, 0.15) is 13.2 Å². The Morgan fingerprint density at radius 2 is 0.549 bits per heavy atom. The highest BCUT2D eigenvalue weighted by Crippen LogP contribution is 2.14. The van der Waals surface area contributed by atoms with Gasteiger partial charge >= 0.3 is 17.9 Å². The van der Waals surface area contributed by atoms with Crippen LogP contribution in [0.1, 0.15) is 252 Å². The second-order valence-corrected chi connectivity index (χ2v) is 18.8. The fourth-order valence-corrected chi connectivity index (χ4v) is 7.63. The van der Waals surface area contributed by atoms with Crippen LogP contribution in [0.4, 0.5) is 0 Å². The van der Waals surface area contributed by atoms with E-state index in [1.807, 2.05) is 0 Å². The first kappa shape index (κ1) is 66.8. The van der Waals surface area contributed by atoms with Gasteiger partial charge in [-0.1, -0.05) is 226 Å². The van der Waals surface area contributed by atoms with Gasteiger partial charge in [-0.2, -0.15) is 0 Å². The van der Waals surface area contributed by atoms with Crippen molar-refractivity contribution < 1.29 is 28.6 Å². The van der Waals surface area contributed by atoms with Crippen LogP contribution in [-0.2, 0) is 28.6 Å². The molecule has 0 aliphatic rings. The van der Waals surface area contributed by atoms with Crippen LogP contribution >= 0.6 is 0 Å². The number of hydrogen-bond donors (Lipinski definition) is 0. The monoisotopic (exact) mass is 983 g/mol. The molecule has 0 saturated carbocycles. The lowest BCUT2D eigenvalue weighted by Gasteiger charge is -2.18. The molecule has 6 nitrogen and oxygen atoms in total. The van der Waals surface area contributed by atoms with E-state index in [4.69, 9.17) is 14.2 Å². The molecule has 0 aliphatic carbocycles. The van der Waals surface area contributed by atoms with Crippen molar-refractivity contribution in [2.45, 2.75) is 258 Å². The summed E-state index contributed by atoms with van der Waals surface area (Å²) in [5.41, 5.74) is 0. The molecule has 0 radical (unpaired) electrons. The molecular formula is C65H106O6. The van der Waals surface area contributed by atoms with Crippen LogP contribution in [0.2, 0.25) is 0 Å². The molecule has 0 aromatic carbocycles. The van der Waals surface area contributed by atoms with Crippen molar-refractivity contribution in [3.63, 3.8) is 0 Å². The van der Waals surface area contributed by atoms with Gasteiger partial charge in [0, 0.05) is 19.3 Å². The summed E-state index contributed by atoms with van der Waals surface area (Å²) in [4.78, 5) is 38.2. The highest BCUT2D eigenvalue weighted by Gasteiger charge is 2.19. The van der Waals surface area contributed by atoms with Crippen molar-refractivity contribution in [2.75, 3.05) is 13.2 Å². The Labute approximate surface area is 437 Å². The van der Waals surface area contributed by atoms with E-state index < -0.39 is 6.10 Å². The van der Waals surface area contributed by atoms with Crippen molar-refractivity contribution in [1.29, 1.82) is 0 Å². The summed E-state index contributed by atoms with van der Waals surface area (Å²) in [5, 5.41) is 0. The highest BCUT2D eigenvalue weighted by molar-refractivity contribution is 5.71. The van der Waals surface area contributed by atoms with Gasteiger partial charge in [0.15, 0.2) is 6.10 Å². The first-order valence-electron chi connectivity index (χ1n) is 29.0. The van der Waals surface area contributed by atoms with Crippen molar-refractivity contribution in [3.05, 3.63) is 122 Å². The minimum Gasteiger partial charge on any atom is -0.462 e. The Bertz CT molecular complexity index is 1500. The largest absolute Gasteiger partial charge is 0.462 e. The maximum atomic E-state index is 12.9. The Morgan fingerprint density at radius 1 is 0.296 bits per heavy atom. The molecule has 0 rings (SSSR count). The van der Waals surface area contributed by atoms with Crippen LogP contribution in [0.15, 0.2) is 122 Å². The number of carbonyl (C=O) groups excluding carboxylic acids is 3. The van der Waals surface area contributed by atoms with E-state index in [1.165, 1.54) is 51.4 Å². The Morgan fingerprint density at radius 3 is 0.873 bits per heavy atom. The van der Waals surface area contributed by atoms with Gasteiger partial charge in [-0.15, -0.1) is 0 Å². The fraction of sp³-hybridized carbons (Fsp3) is 0.646. The molecule has 6 heteroatoms. The van der Waals surface area contributed by atoms with Gasteiger partial charge in [-0.05, 0) is 128 Å². The van der Waals surface area contributed by atoms with Crippen LogP contribution in [-0.4, -0.2) is 37.2 Å². The topological polar surface area (TPSA) is 78.9 Å². The van der Waals surface area contributed by atoms with E-state index in [0.29, 0.717) is 19.3 Å². The molecule has 0 aromatic rings. The smallest absolute Gasteiger partial charge is 0.306 e. The van der Waals surface area contributed by atoms with Gasteiger partial charge in [-0.25, -0.2) is 0 Å². The lowest BCUT2D eigenvalue weighted by molar-refractivity contribution is -0.167. The molecule has 0 amide bonds. The van der Waals surface area contributed by atoms with Crippen molar-refractivity contribution in [1.82, 2.24) is 0 Å². The quantitative estimate of drug-likeness (QED) is 0.0261. The van der Waals surface area contributed by atoms with E-state index in [-0.39, 0.29) is 31.1 Å². The summed E-state index contributed by atoms with van der Waals surface area (Å²) in [6, 6.07) is 0. The van der Waals surface area contributed by atoms with Crippen LogP contribution in [0.25, 0.3) is 0 Å². The normalized spacial score (nSPS) is 13.0. The minimum atomic E-state index is -0.801. The van der Waals surface area contributed by atoms with E-state index in [9.17, 15) is 14.4 Å². The molecule has 0 heterocycles.